The number of rotatable bonds is 6. The van der Waals surface area contributed by atoms with E-state index in [9.17, 15) is 18.6 Å². The van der Waals surface area contributed by atoms with Gasteiger partial charge in [0.1, 0.15) is 12.2 Å². The van der Waals surface area contributed by atoms with Gasteiger partial charge in [0.2, 0.25) is 0 Å². The Morgan fingerprint density at radius 2 is 1.74 bits per heavy atom. The average Bonchev–Trinajstić information content (AvgIpc) is 2.66. The summed E-state index contributed by atoms with van der Waals surface area (Å²) in [7, 11) is -4.18. The van der Waals surface area contributed by atoms with Crippen molar-refractivity contribution in [3.8, 4) is 0 Å². The molecule has 0 saturated carbocycles. The number of aryl methyl sites for hydroxylation is 1. The first-order chi connectivity index (χ1) is 12.9. The number of ether oxygens (including phenoxy) is 2. The van der Waals surface area contributed by atoms with Crippen LogP contribution in [0.1, 0.15) is 11.1 Å². The zero-order valence-electron chi connectivity index (χ0n) is 14.8. The molecule has 27 heavy (non-hydrogen) atoms. The van der Waals surface area contributed by atoms with E-state index in [1.165, 1.54) is 12.1 Å². The maximum atomic E-state index is 12.6. The normalized spacial score (nSPS) is 26.0. The Labute approximate surface area is 158 Å². The number of benzene rings is 2. The van der Waals surface area contributed by atoms with Crippen LogP contribution < -0.4 is 0 Å². The first-order valence-corrected chi connectivity index (χ1v) is 9.91. The molecule has 1 fully saturated rings. The molecular formula is C19H22O7S. The summed E-state index contributed by atoms with van der Waals surface area (Å²) >= 11 is 0. The maximum Gasteiger partial charge on any atom is 0.297 e. The van der Waals surface area contributed by atoms with E-state index < -0.39 is 34.7 Å². The van der Waals surface area contributed by atoms with Gasteiger partial charge in [-0.3, -0.25) is 4.18 Å². The standard InChI is InChI=1S/C19H22O7S/c1-13-7-9-15(10-8-13)27(22,23)26-18-17(21)16(20)12-25-19(18)24-11-14-5-3-2-4-6-14/h2-10,16-21H,11-12H2,1H3/t16-,17-,18-,19-/m0/s1. The van der Waals surface area contributed by atoms with Gasteiger partial charge in [-0.15, -0.1) is 0 Å². The Kier molecular flexibility index (Phi) is 6.25. The second-order valence-electron chi connectivity index (χ2n) is 6.38. The van der Waals surface area contributed by atoms with Crippen molar-refractivity contribution < 1.29 is 32.3 Å². The third kappa shape index (κ3) is 4.92. The highest BCUT2D eigenvalue weighted by Gasteiger charge is 2.43. The van der Waals surface area contributed by atoms with Gasteiger partial charge in [0.25, 0.3) is 10.1 Å². The highest BCUT2D eigenvalue weighted by atomic mass is 32.2. The third-order valence-electron chi connectivity index (χ3n) is 4.23. The van der Waals surface area contributed by atoms with Gasteiger partial charge < -0.3 is 19.7 Å². The molecule has 2 N–H and O–H groups in total. The molecule has 2 aromatic rings. The molecule has 0 unspecified atom stereocenters. The minimum atomic E-state index is -4.18. The second-order valence-corrected chi connectivity index (χ2v) is 7.96. The first kappa shape index (κ1) is 19.9. The van der Waals surface area contributed by atoms with Crippen LogP contribution in [0.25, 0.3) is 0 Å². The highest BCUT2D eigenvalue weighted by Crippen LogP contribution is 2.25. The number of hydrogen-bond acceptors (Lipinski definition) is 7. The van der Waals surface area contributed by atoms with Gasteiger partial charge in [-0.2, -0.15) is 8.42 Å². The number of aliphatic hydroxyl groups is 2. The van der Waals surface area contributed by atoms with Crippen LogP contribution in [0, 0.1) is 6.92 Å². The highest BCUT2D eigenvalue weighted by molar-refractivity contribution is 7.86. The van der Waals surface area contributed by atoms with E-state index in [0.717, 1.165) is 11.1 Å². The lowest BCUT2D eigenvalue weighted by Crippen LogP contribution is -2.55. The molecule has 0 bridgehead atoms. The number of hydrogen-bond donors (Lipinski definition) is 2. The van der Waals surface area contributed by atoms with Gasteiger partial charge in [-0.1, -0.05) is 48.0 Å². The van der Waals surface area contributed by atoms with Gasteiger partial charge in [0, 0.05) is 0 Å². The Bertz CT molecular complexity index is 836. The molecule has 2 aromatic carbocycles. The molecule has 0 radical (unpaired) electrons. The molecule has 1 aliphatic heterocycles. The molecule has 1 heterocycles. The lowest BCUT2D eigenvalue weighted by atomic mass is 10.1. The first-order valence-electron chi connectivity index (χ1n) is 8.50. The average molecular weight is 394 g/mol. The Morgan fingerprint density at radius 1 is 1.07 bits per heavy atom. The Morgan fingerprint density at radius 3 is 2.41 bits per heavy atom. The van der Waals surface area contributed by atoms with Crippen molar-refractivity contribution in [1.29, 1.82) is 0 Å². The fourth-order valence-electron chi connectivity index (χ4n) is 2.67. The van der Waals surface area contributed by atoms with Crippen molar-refractivity contribution in [3.05, 3.63) is 65.7 Å². The topological polar surface area (TPSA) is 102 Å². The van der Waals surface area contributed by atoms with Crippen LogP contribution in [0.4, 0.5) is 0 Å². The predicted octanol–water partition coefficient (Wildman–Crippen LogP) is 1.36. The molecule has 8 heteroatoms. The van der Waals surface area contributed by atoms with E-state index in [0.29, 0.717) is 0 Å². The van der Waals surface area contributed by atoms with Crippen molar-refractivity contribution in [2.45, 2.75) is 43.0 Å². The second kappa shape index (κ2) is 8.47. The van der Waals surface area contributed by atoms with Gasteiger partial charge in [0.15, 0.2) is 12.4 Å². The smallest absolute Gasteiger partial charge is 0.297 e. The van der Waals surface area contributed by atoms with Gasteiger partial charge in [-0.25, -0.2) is 0 Å². The SMILES string of the molecule is Cc1ccc(S(=O)(=O)O[C@@H]2[C@@H](OCc3ccccc3)OC[C@H](O)[C@@H]2O)cc1. The van der Waals surface area contributed by atoms with Gasteiger partial charge in [-0.05, 0) is 24.6 Å². The Hall–Kier alpha value is -1.81. The maximum absolute atomic E-state index is 12.6. The molecule has 1 aliphatic rings. The van der Waals surface area contributed by atoms with Crippen molar-refractivity contribution in [2.24, 2.45) is 0 Å². The summed E-state index contributed by atoms with van der Waals surface area (Å²) in [5.74, 6) is 0. The summed E-state index contributed by atoms with van der Waals surface area (Å²) in [6.07, 6.45) is -5.30. The quantitative estimate of drug-likeness (QED) is 0.713. The minimum Gasteiger partial charge on any atom is -0.388 e. The van der Waals surface area contributed by atoms with Gasteiger partial charge >= 0.3 is 0 Å². The molecule has 4 atom stereocenters. The van der Waals surface area contributed by atoms with Gasteiger partial charge in [0.05, 0.1) is 18.1 Å². The molecule has 1 saturated heterocycles. The van der Waals surface area contributed by atoms with Crippen LogP contribution >= 0.6 is 0 Å². The van der Waals surface area contributed by atoms with Crippen LogP contribution in [0.15, 0.2) is 59.5 Å². The Balaban J connectivity index is 1.76. The van der Waals surface area contributed by atoms with E-state index in [1.54, 1.807) is 12.1 Å². The predicted molar refractivity (Wildman–Crippen MR) is 96.2 cm³/mol. The summed E-state index contributed by atoms with van der Waals surface area (Å²) in [5.41, 5.74) is 1.75. The molecule has 3 rings (SSSR count). The molecule has 0 aliphatic carbocycles. The van der Waals surface area contributed by atoms with Crippen LogP contribution in [0.2, 0.25) is 0 Å². The third-order valence-corrected chi connectivity index (χ3v) is 5.56. The van der Waals surface area contributed by atoms with Crippen LogP contribution in [0.3, 0.4) is 0 Å². The van der Waals surface area contributed by atoms with E-state index >= 15 is 0 Å². The molecule has 0 spiro atoms. The van der Waals surface area contributed by atoms with Crippen LogP contribution in [-0.2, 0) is 30.4 Å². The molecule has 146 valence electrons. The van der Waals surface area contributed by atoms with Crippen molar-refractivity contribution in [3.63, 3.8) is 0 Å². The number of aliphatic hydroxyl groups excluding tert-OH is 2. The van der Waals surface area contributed by atoms with E-state index in [2.05, 4.69) is 0 Å². The molecule has 0 aromatic heterocycles. The minimum absolute atomic E-state index is 0.0535. The summed E-state index contributed by atoms with van der Waals surface area (Å²) < 4.78 is 41.3. The zero-order valence-corrected chi connectivity index (χ0v) is 15.6. The van der Waals surface area contributed by atoms with Crippen molar-refractivity contribution in [1.82, 2.24) is 0 Å². The summed E-state index contributed by atoms with van der Waals surface area (Å²) in [5, 5.41) is 20.1. The monoisotopic (exact) mass is 394 g/mol. The van der Waals surface area contributed by atoms with E-state index in [4.69, 9.17) is 13.7 Å². The zero-order chi connectivity index (χ0) is 19.4. The fourth-order valence-corrected chi connectivity index (χ4v) is 3.75. The summed E-state index contributed by atoms with van der Waals surface area (Å²) in [6.45, 7) is 1.78. The lowest BCUT2D eigenvalue weighted by molar-refractivity contribution is -0.266. The van der Waals surface area contributed by atoms with Crippen LogP contribution in [-0.4, -0.2) is 49.8 Å². The lowest BCUT2D eigenvalue weighted by Gasteiger charge is -2.37. The van der Waals surface area contributed by atoms with Crippen molar-refractivity contribution >= 4 is 10.1 Å². The van der Waals surface area contributed by atoms with E-state index in [1.807, 2.05) is 37.3 Å². The summed E-state index contributed by atoms with van der Waals surface area (Å²) in [4.78, 5) is -0.0535. The van der Waals surface area contributed by atoms with Crippen molar-refractivity contribution in [2.75, 3.05) is 6.61 Å². The fraction of sp³-hybridized carbons (Fsp3) is 0.368. The molecule has 0 amide bonds. The molecular weight excluding hydrogens is 372 g/mol. The summed E-state index contributed by atoms with van der Waals surface area (Å²) in [6, 6.07) is 15.3. The molecule has 7 nitrogen and oxygen atoms in total. The van der Waals surface area contributed by atoms with E-state index in [-0.39, 0.29) is 18.1 Å². The largest absolute Gasteiger partial charge is 0.388 e. The van der Waals surface area contributed by atoms with Crippen LogP contribution in [0.5, 0.6) is 0 Å².